The van der Waals surface area contributed by atoms with Gasteiger partial charge in [0, 0.05) is 35.8 Å². The van der Waals surface area contributed by atoms with Crippen LogP contribution in [0.2, 0.25) is 0 Å². The molecule has 0 N–H and O–H groups in total. The summed E-state index contributed by atoms with van der Waals surface area (Å²) in [6.07, 6.45) is -2.71. The minimum Gasteiger partial charge on any atom is -0.423 e. The second-order valence-corrected chi connectivity index (χ2v) is 6.64. The van der Waals surface area contributed by atoms with Crippen molar-refractivity contribution in [2.75, 3.05) is 4.90 Å². The highest BCUT2D eigenvalue weighted by Crippen LogP contribution is 2.37. The molecule has 1 saturated carbocycles. The van der Waals surface area contributed by atoms with Crippen molar-refractivity contribution in [1.82, 2.24) is 0 Å². The van der Waals surface area contributed by atoms with Crippen LogP contribution in [0.25, 0.3) is 11.0 Å². The number of anilines is 1. The molecular formula is C20H15F4NO2. The van der Waals surface area contributed by atoms with E-state index in [1.807, 2.05) is 4.90 Å². The lowest BCUT2D eigenvalue weighted by atomic mass is 10.1. The molecule has 0 spiro atoms. The Balaban J connectivity index is 1.75. The normalized spacial score (nSPS) is 14.5. The molecule has 1 aromatic heterocycles. The van der Waals surface area contributed by atoms with Gasteiger partial charge in [0.25, 0.3) is 0 Å². The smallest absolute Gasteiger partial charge is 0.417 e. The van der Waals surface area contributed by atoms with Crippen molar-refractivity contribution >= 4 is 16.7 Å². The predicted molar refractivity (Wildman–Crippen MR) is 93.1 cm³/mol. The molecule has 7 heteroatoms. The summed E-state index contributed by atoms with van der Waals surface area (Å²) in [7, 11) is 0. The Bertz CT molecular complexity index is 1040. The van der Waals surface area contributed by atoms with Gasteiger partial charge in [-0.2, -0.15) is 13.2 Å². The molecule has 0 saturated heterocycles. The largest absolute Gasteiger partial charge is 0.423 e. The summed E-state index contributed by atoms with van der Waals surface area (Å²) >= 11 is 0. The average Bonchev–Trinajstić information content (AvgIpc) is 3.44. The van der Waals surface area contributed by atoms with Gasteiger partial charge in [0.2, 0.25) is 0 Å². The standard InChI is InChI=1S/C20H15F4NO2/c21-13-3-1-12(2-4-13)11-25(14-5-6-14)15-7-8-16-17(20(22,23)24)10-19(26)27-18(16)9-15/h1-4,7-10,14H,5-6,11H2. The average molecular weight is 377 g/mol. The maximum Gasteiger partial charge on any atom is 0.417 e. The van der Waals surface area contributed by atoms with E-state index in [4.69, 9.17) is 4.42 Å². The first-order valence-corrected chi connectivity index (χ1v) is 8.47. The van der Waals surface area contributed by atoms with Crippen molar-refractivity contribution in [2.45, 2.75) is 31.6 Å². The zero-order valence-electron chi connectivity index (χ0n) is 14.1. The summed E-state index contributed by atoms with van der Waals surface area (Å²) < 4.78 is 57.7. The molecule has 1 fully saturated rings. The second-order valence-electron chi connectivity index (χ2n) is 6.64. The molecular weight excluding hydrogens is 362 g/mol. The number of benzene rings is 2. The molecule has 0 bridgehead atoms. The van der Waals surface area contributed by atoms with E-state index >= 15 is 0 Å². The van der Waals surface area contributed by atoms with Crippen LogP contribution in [0.15, 0.2) is 57.7 Å². The van der Waals surface area contributed by atoms with Gasteiger partial charge in [0.05, 0.1) is 5.56 Å². The van der Waals surface area contributed by atoms with E-state index in [0.717, 1.165) is 18.4 Å². The van der Waals surface area contributed by atoms with Crippen molar-refractivity contribution in [3.05, 3.63) is 75.9 Å². The van der Waals surface area contributed by atoms with Crippen molar-refractivity contribution in [1.29, 1.82) is 0 Å². The van der Waals surface area contributed by atoms with Crippen molar-refractivity contribution in [2.24, 2.45) is 0 Å². The Morgan fingerprint density at radius 3 is 2.37 bits per heavy atom. The van der Waals surface area contributed by atoms with E-state index < -0.39 is 17.4 Å². The van der Waals surface area contributed by atoms with Crippen molar-refractivity contribution < 1.29 is 22.0 Å². The lowest BCUT2D eigenvalue weighted by Crippen LogP contribution is -2.25. The first-order chi connectivity index (χ1) is 12.8. The molecule has 2 aromatic carbocycles. The second kappa shape index (κ2) is 6.40. The number of hydrogen-bond acceptors (Lipinski definition) is 3. The Morgan fingerprint density at radius 2 is 1.74 bits per heavy atom. The molecule has 1 aliphatic rings. The fourth-order valence-electron chi connectivity index (χ4n) is 3.17. The quantitative estimate of drug-likeness (QED) is 0.467. The summed E-state index contributed by atoms with van der Waals surface area (Å²) in [6, 6.07) is 11.2. The van der Waals surface area contributed by atoms with E-state index in [0.29, 0.717) is 18.3 Å². The molecule has 3 aromatic rings. The number of alkyl halides is 3. The number of fused-ring (bicyclic) bond motifs is 1. The van der Waals surface area contributed by atoms with Gasteiger partial charge in [-0.25, -0.2) is 9.18 Å². The molecule has 27 heavy (non-hydrogen) atoms. The first kappa shape index (κ1) is 17.6. The number of nitrogens with zero attached hydrogens (tertiary/aromatic N) is 1. The highest BCUT2D eigenvalue weighted by molar-refractivity contribution is 5.84. The van der Waals surface area contributed by atoms with Crippen LogP contribution in [0, 0.1) is 5.82 Å². The minimum absolute atomic E-state index is 0.0999. The van der Waals surface area contributed by atoms with Crippen LogP contribution in [0.1, 0.15) is 24.0 Å². The van der Waals surface area contributed by atoms with Crippen LogP contribution in [0.4, 0.5) is 23.2 Å². The number of hydrogen-bond donors (Lipinski definition) is 0. The van der Waals surface area contributed by atoms with Gasteiger partial charge >= 0.3 is 11.8 Å². The summed E-state index contributed by atoms with van der Waals surface area (Å²) in [5.74, 6) is -0.330. The molecule has 3 nitrogen and oxygen atoms in total. The number of halogens is 4. The Morgan fingerprint density at radius 1 is 1.04 bits per heavy atom. The molecule has 4 rings (SSSR count). The minimum atomic E-state index is -4.64. The summed E-state index contributed by atoms with van der Waals surface area (Å²) in [5.41, 5.74) is -0.594. The summed E-state index contributed by atoms with van der Waals surface area (Å²) in [4.78, 5) is 13.6. The Kier molecular flexibility index (Phi) is 4.17. The first-order valence-electron chi connectivity index (χ1n) is 8.47. The molecule has 0 aliphatic heterocycles. The molecule has 1 aliphatic carbocycles. The maximum absolute atomic E-state index is 13.2. The van der Waals surface area contributed by atoms with Gasteiger partial charge < -0.3 is 9.32 Å². The zero-order chi connectivity index (χ0) is 19.2. The Hall–Kier alpha value is -2.83. The van der Waals surface area contributed by atoms with Crippen LogP contribution < -0.4 is 10.5 Å². The third kappa shape index (κ3) is 3.67. The summed E-state index contributed by atoms with van der Waals surface area (Å²) in [6.45, 7) is 0.486. The van der Waals surface area contributed by atoms with Crippen LogP contribution in [0.5, 0.6) is 0 Å². The molecule has 0 radical (unpaired) electrons. The SMILES string of the molecule is O=c1cc(C(F)(F)F)c2ccc(N(Cc3ccc(F)cc3)C3CC3)cc2o1. The van der Waals surface area contributed by atoms with Gasteiger partial charge in [-0.05, 0) is 42.7 Å². The maximum atomic E-state index is 13.2. The third-order valence-electron chi connectivity index (χ3n) is 4.62. The predicted octanol–water partition coefficient (Wildman–Crippen LogP) is 5.12. The molecule has 140 valence electrons. The van der Waals surface area contributed by atoms with Crippen LogP contribution in [0.3, 0.4) is 0 Å². The lowest BCUT2D eigenvalue weighted by Gasteiger charge is -2.25. The molecule has 0 unspecified atom stereocenters. The Labute approximate surface area is 151 Å². The molecule has 1 heterocycles. The van der Waals surface area contributed by atoms with Crippen molar-refractivity contribution in [3.63, 3.8) is 0 Å². The number of rotatable bonds is 4. The van der Waals surface area contributed by atoms with Gasteiger partial charge in [-0.15, -0.1) is 0 Å². The fraction of sp³-hybridized carbons (Fsp3) is 0.250. The summed E-state index contributed by atoms with van der Waals surface area (Å²) in [5, 5.41) is -0.150. The van der Waals surface area contributed by atoms with Gasteiger partial charge in [-0.1, -0.05) is 12.1 Å². The van der Waals surface area contributed by atoms with E-state index in [1.165, 1.54) is 24.3 Å². The fourth-order valence-corrected chi connectivity index (χ4v) is 3.17. The van der Waals surface area contributed by atoms with Gasteiger partial charge in [0.1, 0.15) is 11.4 Å². The van der Waals surface area contributed by atoms with E-state index in [-0.39, 0.29) is 22.8 Å². The highest BCUT2D eigenvalue weighted by atomic mass is 19.4. The highest BCUT2D eigenvalue weighted by Gasteiger charge is 2.34. The topological polar surface area (TPSA) is 33.5 Å². The van der Waals surface area contributed by atoms with E-state index in [9.17, 15) is 22.4 Å². The van der Waals surface area contributed by atoms with Crippen LogP contribution >= 0.6 is 0 Å². The zero-order valence-corrected chi connectivity index (χ0v) is 14.1. The van der Waals surface area contributed by atoms with E-state index in [2.05, 4.69) is 0 Å². The third-order valence-corrected chi connectivity index (χ3v) is 4.62. The molecule has 0 amide bonds. The van der Waals surface area contributed by atoms with E-state index in [1.54, 1.807) is 18.2 Å². The van der Waals surface area contributed by atoms with Crippen LogP contribution in [-0.4, -0.2) is 6.04 Å². The lowest BCUT2D eigenvalue weighted by molar-refractivity contribution is -0.136. The monoisotopic (exact) mass is 377 g/mol. The van der Waals surface area contributed by atoms with Gasteiger partial charge in [-0.3, -0.25) is 0 Å². The van der Waals surface area contributed by atoms with Crippen molar-refractivity contribution in [3.8, 4) is 0 Å². The van der Waals surface area contributed by atoms with Crippen LogP contribution in [-0.2, 0) is 12.7 Å². The van der Waals surface area contributed by atoms with Gasteiger partial charge in [0.15, 0.2) is 0 Å². The molecule has 0 atom stereocenters.